The van der Waals surface area contributed by atoms with Gasteiger partial charge in [-0.2, -0.15) is 13.2 Å². The van der Waals surface area contributed by atoms with Crippen molar-refractivity contribution in [1.82, 2.24) is 4.72 Å². The van der Waals surface area contributed by atoms with Gasteiger partial charge in [-0.05, 0) is 43.2 Å². The van der Waals surface area contributed by atoms with E-state index in [0.717, 1.165) is 17.7 Å². The molecule has 0 unspecified atom stereocenters. The topological polar surface area (TPSA) is 46.2 Å². The van der Waals surface area contributed by atoms with Gasteiger partial charge in [-0.25, -0.2) is 13.1 Å². The summed E-state index contributed by atoms with van der Waals surface area (Å²) in [5, 5.41) is 0. The van der Waals surface area contributed by atoms with Crippen molar-refractivity contribution in [3.8, 4) is 0 Å². The van der Waals surface area contributed by atoms with Crippen LogP contribution in [0.2, 0.25) is 0 Å². The van der Waals surface area contributed by atoms with Gasteiger partial charge < -0.3 is 0 Å². The van der Waals surface area contributed by atoms with Gasteiger partial charge in [0.1, 0.15) is 0 Å². The maximum Gasteiger partial charge on any atom is 0.416 e. The first-order valence-corrected chi connectivity index (χ1v) is 8.31. The third-order valence-corrected chi connectivity index (χ3v) is 4.93. The number of halogens is 3. The van der Waals surface area contributed by atoms with E-state index < -0.39 is 21.8 Å². The Hall–Kier alpha value is -1.86. The highest BCUT2D eigenvalue weighted by molar-refractivity contribution is 7.89. The molecule has 0 radical (unpaired) electrons. The largest absolute Gasteiger partial charge is 0.416 e. The Bertz CT molecular complexity index is 797. The molecule has 2 rings (SSSR count). The van der Waals surface area contributed by atoms with Gasteiger partial charge in [0.15, 0.2) is 0 Å². The third kappa shape index (κ3) is 4.33. The van der Waals surface area contributed by atoms with Gasteiger partial charge in [-0.1, -0.05) is 29.8 Å². The smallest absolute Gasteiger partial charge is 0.207 e. The van der Waals surface area contributed by atoms with E-state index in [-0.39, 0.29) is 11.4 Å². The molecule has 2 aromatic rings. The summed E-state index contributed by atoms with van der Waals surface area (Å²) in [5.41, 5.74) is 1.25. The van der Waals surface area contributed by atoms with Gasteiger partial charge in [0.25, 0.3) is 0 Å². The van der Waals surface area contributed by atoms with Crippen LogP contribution >= 0.6 is 0 Å². The molecule has 0 spiro atoms. The summed E-state index contributed by atoms with van der Waals surface area (Å²) >= 11 is 0. The second kappa shape index (κ2) is 6.33. The molecule has 2 aromatic carbocycles. The lowest BCUT2D eigenvalue weighted by atomic mass is 10.1. The minimum Gasteiger partial charge on any atom is -0.207 e. The second-order valence-corrected chi connectivity index (χ2v) is 7.02. The van der Waals surface area contributed by atoms with Crippen LogP contribution in [0.4, 0.5) is 13.2 Å². The first-order chi connectivity index (χ1) is 10.6. The molecule has 7 heteroatoms. The molecular formula is C16H16F3NO2S. The molecular weight excluding hydrogens is 327 g/mol. The Labute approximate surface area is 133 Å². The van der Waals surface area contributed by atoms with Crippen LogP contribution in [-0.4, -0.2) is 8.42 Å². The van der Waals surface area contributed by atoms with Crippen LogP contribution in [0.3, 0.4) is 0 Å². The zero-order chi connectivity index (χ0) is 17.3. The minimum absolute atomic E-state index is 0.0756. The number of hydrogen-bond donors (Lipinski definition) is 1. The maximum atomic E-state index is 12.5. The van der Waals surface area contributed by atoms with Crippen LogP contribution in [0.5, 0.6) is 0 Å². The molecule has 1 N–H and O–H groups in total. The van der Waals surface area contributed by atoms with E-state index in [0.29, 0.717) is 11.1 Å². The van der Waals surface area contributed by atoms with Crippen molar-refractivity contribution in [2.45, 2.75) is 31.5 Å². The number of hydrogen-bond acceptors (Lipinski definition) is 2. The normalized spacial score (nSPS) is 12.4. The molecule has 0 amide bonds. The Morgan fingerprint density at radius 2 is 1.61 bits per heavy atom. The molecule has 3 nitrogen and oxygen atoms in total. The van der Waals surface area contributed by atoms with Gasteiger partial charge in [-0.3, -0.25) is 0 Å². The average molecular weight is 343 g/mol. The molecule has 0 bridgehead atoms. The van der Waals surface area contributed by atoms with Crippen molar-refractivity contribution in [3.05, 3.63) is 64.7 Å². The maximum absolute atomic E-state index is 12.5. The number of benzene rings is 2. The standard InChI is InChI=1S/C16H16F3NO2S/c1-11-3-8-15(12(2)9-11)23(21,22)20-10-13-4-6-14(7-5-13)16(17,18)19/h3-9,20H,10H2,1-2H3. The SMILES string of the molecule is Cc1ccc(S(=O)(=O)NCc2ccc(C(F)(F)F)cc2)c(C)c1. The summed E-state index contributed by atoms with van der Waals surface area (Å²) in [5.74, 6) is 0. The molecule has 0 aromatic heterocycles. The van der Waals surface area contributed by atoms with Gasteiger partial charge in [-0.15, -0.1) is 0 Å². The van der Waals surface area contributed by atoms with Crippen LogP contribution in [0, 0.1) is 13.8 Å². The van der Waals surface area contributed by atoms with Crippen molar-refractivity contribution < 1.29 is 21.6 Å². The minimum atomic E-state index is -4.41. The van der Waals surface area contributed by atoms with Crippen LogP contribution < -0.4 is 4.72 Å². The Morgan fingerprint density at radius 3 is 2.13 bits per heavy atom. The van der Waals surface area contributed by atoms with E-state index in [9.17, 15) is 21.6 Å². The molecule has 0 atom stereocenters. The highest BCUT2D eigenvalue weighted by Crippen LogP contribution is 2.29. The molecule has 0 fully saturated rings. The molecule has 0 aliphatic rings. The molecule has 0 aliphatic carbocycles. The Morgan fingerprint density at radius 1 is 1.00 bits per heavy atom. The van der Waals surface area contributed by atoms with Gasteiger partial charge >= 0.3 is 6.18 Å². The average Bonchev–Trinajstić information content (AvgIpc) is 2.44. The number of alkyl halides is 3. The monoisotopic (exact) mass is 343 g/mol. The number of aryl methyl sites for hydroxylation is 2. The summed E-state index contributed by atoms with van der Waals surface area (Å²) in [4.78, 5) is 0.162. The highest BCUT2D eigenvalue weighted by atomic mass is 32.2. The fourth-order valence-corrected chi connectivity index (χ4v) is 3.41. The van der Waals surface area contributed by atoms with Crippen molar-refractivity contribution in [2.75, 3.05) is 0 Å². The Balaban J connectivity index is 2.13. The van der Waals surface area contributed by atoms with Crippen LogP contribution in [-0.2, 0) is 22.7 Å². The van der Waals surface area contributed by atoms with E-state index in [4.69, 9.17) is 0 Å². The Kier molecular flexibility index (Phi) is 4.81. The molecule has 23 heavy (non-hydrogen) atoms. The fourth-order valence-electron chi connectivity index (χ4n) is 2.17. The lowest BCUT2D eigenvalue weighted by Crippen LogP contribution is -2.24. The van der Waals surface area contributed by atoms with E-state index in [1.165, 1.54) is 18.2 Å². The lowest BCUT2D eigenvalue weighted by Gasteiger charge is -2.11. The summed E-state index contributed by atoms with van der Waals surface area (Å²) in [7, 11) is -3.72. The zero-order valence-corrected chi connectivity index (χ0v) is 13.4. The van der Waals surface area contributed by atoms with Crippen molar-refractivity contribution in [2.24, 2.45) is 0 Å². The lowest BCUT2D eigenvalue weighted by molar-refractivity contribution is -0.137. The van der Waals surface area contributed by atoms with Crippen molar-refractivity contribution in [3.63, 3.8) is 0 Å². The van der Waals surface area contributed by atoms with E-state index in [1.54, 1.807) is 19.1 Å². The summed E-state index contributed by atoms with van der Waals surface area (Å²) in [6, 6.07) is 9.34. The number of rotatable bonds is 4. The van der Waals surface area contributed by atoms with Gasteiger partial charge in [0.2, 0.25) is 10.0 Å². The van der Waals surface area contributed by atoms with E-state index in [2.05, 4.69) is 4.72 Å². The van der Waals surface area contributed by atoms with Crippen LogP contribution in [0.15, 0.2) is 47.4 Å². The van der Waals surface area contributed by atoms with Crippen LogP contribution in [0.1, 0.15) is 22.3 Å². The third-order valence-electron chi connectivity index (χ3n) is 3.37. The quantitative estimate of drug-likeness (QED) is 0.918. The molecule has 124 valence electrons. The van der Waals surface area contributed by atoms with Gasteiger partial charge in [0.05, 0.1) is 10.5 Å². The van der Waals surface area contributed by atoms with E-state index >= 15 is 0 Å². The molecule has 0 aliphatic heterocycles. The predicted molar refractivity (Wildman–Crippen MR) is 81.4 cm³/mol. The number of sulfonamides is 1. The first-order valence-electron chi connectivity index (χ1n) is 6.83. The first kappa shape index (κ1) is 17.5. The van der Waals surface area contributed by atoms with E-state index in [1.807, 2.05) is 6.92 Å². The molecule has 0 heterocycles. The second-order valence-electron chi connectivity index (χ2n) is 5.29. The molecule has 0 saturated carbocycles. The summed E-state index contributed by atoms with van der Waals surface area (Å²) in [6.07, 6.45) is -4.41. The number of nitrogens with one attached hydrogen (secondary N) is 1. The van der Waals surface area contributed by atoms with Crippen molar-refractivity contribution in [1.29, 1.82) is 0 Å². The van der Waals surface area contributed by atoms with Crippen LogP contribution in [0.25, 0.3) is 0 Å². The summed E-state index contributed by atoms with van der Waals surface area (Å²) in [6.45, 7) is 3.48. The van der Waals surface area contributed by atoms with Crippen molar-refractivity contribution >= 4 is 10.0 Å². The van der Waals surface area contributed by atoms with Gasteiger partial charge in [0, 0.05) is 6.54 Å². The molecule has 0 saturated heterocycles. The summed E-state index contributed by atoms with van der Waals surface area (Å²) < 4.78 is 64.4. The highest BCUT2D eigenvalue weighted by Gasteiger charge is 2.29. The predicted octanol–water partition coefficient (Wildman–Crippen LogP) is 3.80. The fraction of sp³-hybridized carbons (Fsp3) is 0.250. The zero-order valence-electron chi connectivity index (χ0n) is 12.6.